The Bertz CT molecular complexity index is 773. The van der Waals surface area contributed by atoms with Gasteiger partial charge in [-0.25, -0.2) is 4.79 Å². The number of amides is 2. The quantitative estimate of drug-likeness (QED) is 0.889. The Morgan fingerprint density at radius 3 is 2.56 bits per heavy atom. The number of aryl methyl sites for hydroxylation is 1. The van der Waals surface area contributed by atoms with E-state index in [1.165, 1.54) is 4.90 Å². The molecule has 3 rings (SSSR count). The molecule has 0 radical (unpaired) electrons. The van der Waals surface area contributed by atoms with Gasteiger partial charge in [-0.3, -0.25) is 4.79 Å². The van der Waals surface area contributed by atoms with E-state index in [4.69, 9.17) is 9.84 Å². The van der Waals surface area contributed by atoms with Crippen molar-refractivity contribution in [2.24, 2.45) is 5.92 Å². The number of likely N-dealkylation sites (tertiary alicyclic amines) is 1. The number of hydrogen-bond donors (Lipinski definition) is 2. The van der Waals surface area contributed by atoms with Gasteiger partial charge < -0.3 is 20.1 Å². The standard InChI is InChI=1S/C19H20N2O4/c1-13-3-2-4-17(11-13)25-16-7-5-15(6-8-16)20-19(24)21-10-9-14(12-21)18(22)23/h2-8,11,14H,9-10,12H2,1H3,(H,20,24)(H,22,23). The topological polar surface area (TPSA) is 78.9 Å². The largest absolute Gasteiger partial charge is 0.481 e. The van der Waals surface area contributed by atoms with E-state index in [-0.39, 0.29) is 12.6 Å². The third-order valence-electron chi connectivity index (χ3n) is 4.16. The van der Waals surface area contributed by atoms with Crippen LogP contribution < -0.4 is 10.1 Å². The fourth-order valence-corrected chi connectivity index (χ4v) is 2.77. The Morgan fingerprint density at radius 1 is 1.16 bits per heavy atom. The molecule has 1 saturated heterocycles. The first kappa shape index (κ1) is 16.8. The van der Waals surface area contributed by atoms with Gasteiger partial charge in [-0.1, -0.05) is 12.1 Å². The smallest absolute Gasteiger partial charge is 0.321 e. The average Bonchev–Trinajstić information content (AvgIpc) is 3.07. The maximum atomic E-state index is 12.2. The molecule has 6 nitrogen and oxygen atoms in total. The molecular formula is C19H20N2O4. The summed E-state index contributed by atoms with van der Waals surface area (Å²) in [6.45, 7) is 2.70. The number of nitrogens with one attached hydrogen (secondary N) is 1. The van der Waals surface area contributed by atoms with Gasteiger partial charge in [-0.05, 0) is 55.3 Å². The van der Waals surface area contributed by atoms with Gasteiger partial charge in [-0.15, -0.1) is 0 Å². The second-order valence-electron chi connectivity index (χ2n) is 6.14. The van der Waals surface area contributed by atoms with Gasteiger partial charge in [0.25, 0.3) is 0 Å². The van der Waals surface area contributed by atoms with Gasteiger partial charge in [0.1, 0.15) is 11.5 Å². The van der Waals surface area contributed by atoms with Crippen molar-refractivity contribution in [2.75, 3.05) is 18.4 Å². The minimum atomic E-state index is -0.854. The second kappa shape index (κ2) is 7.25. The minimum Gasteiger partial charge on any atom is -0.481 e. The second-order valence-corrected chi connectivity index (χ2v) is 6.14. The van der Waals surface area contributed by atoms with Gasteiger partial charge in [0.15, 0.2) is 0 Å². The highest BCUT2D eigenvalue weighted by molar-refractivity contribution is 5.90. The molecule has 6 heteroatoms. The number of carboxylic acid groups (broad SMARTS) is 1. The van der Waals surface area contributed by atoms with Gasteiger partial charge >= 0.3 is 12.0 Å². The van der Waals surface area contributed by atoms with Crippen molar-refractivity contribution in [3.05, 3.63) is 54.1 Å². The van der Waals surface area contributed by atoms with Crippen LogP contribution in [0.2, 0.25) is 0 Å². The molecule has 1 fully saturated rings. The Morgan fingerprint density at radius 2 is 1.92 bits per heavy atom. The Balaban J connectivity index is 1.57. The van der Waals surface area contributed by atoms with Crippen LogP contribution in [0.1, 0.15) is 12.0 Å². The summed E-state index contributed by atoms with van der Waals surface area (Å²) in [5.74, 6) is 0.105. The molecule has 130 valence electrons. The number of benzene rings is 2. The predicted octanol–water partition coefficient (Wildman–Crippen LogP) is 3.73. The SMILES string of the molecule is Cc1cccc(Oc2ccc(NC(=O)N3CCC(C(=O)O)C3)cc2)c1. The highest BCUT2D eigenvalue weighted by atomic mass is 16.5. The number of carboxylic acids is 1. The van der Waals surface area contributed by atoms with Crippen molar-refractivity contribution in [1.82, 2.24) is 4.90 Å². The van der Waals surface area contributed by atoms with Crippen LogP contribution in [0.4, 0.5) is 10.5 Å². The summed E-state index contributed by atoms with van der Waals surface area (Å²) in [6, 6.07) is 14.6. The van der Waals surface area contributed by atoms with Crippen LogP contribution in [0.25, 0.3) is 0 Å². The number of carbonyl (C=O) groups excluding carboxylic acids is 1. The zero-order valence-corrected chi connectivity index (χ0v) is 13.9. The van der Waals surface area contributed by atoms with E-state index in [0.717, 1.165) is 11.3 Å². The predicted molar refractivity (Wildman–Crippen MR) is 94.0 cm³/mol. The molecule has 0 spiro atoms. The highest BCUT2D eigenvalue weighted by Gasteiger charge is 2.30. The first-order valence-corrected chi connectivity index (χ1v) is 8.14. The lowest BCUT2D eigenvalue weighted by atomic mass is 10.1. The first-order valence-electron chi connectivity index (χ1n) is 8.14. The van der Waals surface area contributed by atoms with Crippen LogP contribution in [0.15, 0.2) is 48.5 Å². The Kier molecular flexibility index (Phi) is 4.88. The molecule has 2 aromatic carbocycles. The zero-order valence-electron chi connectivity index (χ0n) is 13.9. The van der Waals surface area contributed by atoms with E-state index < -0.39 is 11.9 Å². The van der Waals surface area contributed by atoms with Crippen molar-refractivity contribution < 1.29 is 19.4 Å². The lowest BCUT2D eigenvalue weighted by Gasteiger charge is -2.17. The molecule has 2 aromatic rings. The maximum absolute atomic E-state index is 12.2. The molecule has 0 aromatic heterocycles. The fraction of sp³-hybridized carbons (Fsp3) is 0.263. The molecular weight excluding hydrogens is 320 g/mol. The van der Waals surface area contributed by atoms with Gasteiger partial charge in [0.2, 0.25) is 0 Å². The van der Waals surface area contributed by atoms with Gasteiger partial charge in [0, 0.05) is 18.8 Å². The van der Waals surface area contributed by atoms with Crippen molar-refractivity contribution in [3.63, 3.8) is 0 Å². The normalized spacial score (nSPS) is 16.5. The molecule has 2 N–H and O–H groups in total. The van der Waals surface area contributed by atoms with Crippen LogP contribution in [0, 0.1) is 12.8 Å². The molecule has 1 unspecified atom stereocenters. The van der Waals surface area contributed by atoms with E-state index in [9.17, 15) is 9.59 Å². The number of anilines is 1. The molecule has 1 atom stereocenters. The van der Waals surface area contributed by atoms with Crippen LogP contribution in [-0.2, 0) is 4.79 Å². The third-order valence-corrected chi connectivity index (χ3v) is 4.16. The molecule has 0 aliphatic carbocycles. The summed E-state index contributed by atoms with van der Waals surface area (Å²) in [7, 11) is 0. The van der Waals surface area contributed by atoms with Gasteiger partial charge in [0.05, 0.1) is 5.92 Å². The lowest BCUT2D eigenvalue weighted by Crippen LogP contribution is -2.33. The fourth-order valence-electron chi connectivity index (χ4n) is 2.77. The number of carbonyl (C=O) groups is 2. The monoisotopic (exact) mass is 340 g/mol. The first-order chi connectivity index (χ1) is 12.0. The number of urea groups is 1. The number of nitrogens with zero attached hydrogens (tertiary/aromatic N) is 1. The number of ether oxygens (including phenoxy) is 1. The number of hydrogen-bond acceptors (Lipinski definition) is 3. The van der Waals surface area contributed by atoms with E-state index in [1.54, 1.807) is 24.3 Å². The summed E-state index contributed by atoms with van der Waals surface area (Å²) in [5.41, 5.74) is 1.76. The average molecular weight is 340 g/mol. The minimum absolute atomic E-state index is 0.246. The Hall–Kier alpha value is -3.02. The van der Waals surface area contributed by atoms with Crippen molar-refractivity contribution in [1.29, 1.82) is 0 Å². The molecule has 1 aliphatic rings. The van der Waals surface area contributed by atoms with E-state index in [2.05, 4.69) is 5.32 Å². The van der Waals surface area contributed by atoms with E-state index in [0.29, 0.717) is 24.4 Å². The summed E-state index contributed by atoms with van der Waals surface area (Å²) in [5, 5.41) is 11.8. The maximum Gasteiger partial charge on any atom is 0.321 e. The van der Waals surface area contributed by atoms with Crippen LogP contribution in [0.5, 0.6) is 11.5 Å². The van der Waals surface area contributed by atoms with Crippen molar-refractivity contribution in [2.45, 2.75) is 13.3 Å². The van der Waals surface area contributed by atoms with Crippen LogP contribution >= 0.6 is 0 Å². The molecule has 2 amide bonds. The molecule has 1 heterocycles. The van der Waals surface area contributed by atoms with Crippen molar-refractivity contribution >= 4 is 17.7 Å². The summed E-state index contributed by atoms with van der Waals surface area (Å²) in [6.07, 6.45) is 0.492. The lowest BCUT2D eigenvalue weighted by molar-refractivity contribution is -0.141. The molecule has 0 saturated carbocycles. The molecule has 0 bridgehead atoms. The highest BCUT2D eigenvalue weighted by Crippen LogP contribution is 2.24. The van der Waals surface area contributed by atoms with Gasteiger partial charge in [-0.2, -0.15) is 0 Å². The zero-order chi connectivity index (χ0) is 17.8. The summed E-state index contributed by atoms with van der Waals surface area (Å²) >= 11 is 0. The number of rotatable bonds is 4. The molecule has 1 aliphatic heterocycles. The summed E-state index contributed by atoms with van der Waals surface area (Å²) in [4.78, 5) is 24.7. The Labute approximate surface area is 146 Å². The van der Waals surface area contributed by atoms with E-state index >= 15 is 0 Å². The number of aliphatic carboxylic acids is 1. The van der Waals surface area contributed by atoms with E-state index in [1.807, 2.05) is 31.2 Å². The van der Waals surface area contributed by atoms with Crippen LogP contribution in [0.3, 0.4) is 0 Å². The van der Waals surface area contributed by atoms with Crippen molar-refractivity contribution in [3.8, 4) is 11.5 Å². The molecule has 25 heavy (non-hydrogen) atoms. The summed E-state index contributed by atoms with van der Waals surface area (Å²) < 4.78 is 5.77. The van der Waals surface area contributed by atoms with Crippen LogP contribution in [-0.4, -0.2) is 35.1 Å². The third kappa shape index (κ3) is 4.29.